The van der Waals surface area contributed by atoms with Crippen LogP contribution < -0.4 is 15.4 Å². The van der Waals surface area contributed by atoms with Crippen molar-refractivity contribution in [3.63, 3.8) is 0 Å². The van der Waals surface area contributed by atoms with E-state index in [2.05, 4.69) is 30.5 Å². The minimum Gasteiger partial charge on any atom is -0.356 e. The fourth-order valence-electron chi connectivity index (χ4n) is 1.40. The molecule has 1 aromatic carbocycles. The molecular weight excluding hydrogens is 268 g/mol. The molecule has 1 heterocycles. The van der Waals surface area contributed by atoms with Crippen LogP contribution in [-0.4, -0.2) is 37.7 Å². The number of benzene rings is 1. The summed E-state index contributed by atoms with van der Waals surface area (Å²) in [6, 6.07) is 6.30. The Morgan fingerprint density at radius 2 is 1.84 bits per heavy atom. The summed E-state index contributed by atoms with van der Waals surface area (Å²) in [7, 11) is -0.328. The van der Waals surface area contributed by atoms with Gasteiger partial charge in [-0.05, 0) is 31.3 Å². The number of hydrogen-bond acceptors (Lipinski definition) is 6. The second-order valence-corrected chi connectivity index (χ2v) is 5.50. The topological polar surface area (TPSA) is 112 Å². The molecule has 2 rings (SSSR count). The second kappa shape index (κ2) is 5.24. The summed E-state index contributed by atoms with van der Waals surface area (Å²) < 4.78 is 25.3. The van der Waals surface area contributed by atoms with Gasteiger partial charge in [-0.25, -0.2) is 18.2 Å². The molecule has 0 bridgehead atoms. The van der Waals surface area contributed by atoms with Crippen molar-refractivity contribution in [1.29, 1.82) is 0 Å². The lowest BCUT2D eigenvalue weighted by atomic mass is 10.3. The zero-order chi connectivity index (χ0) is 13.9. The van der Waals surface area contributed by atoms with E-state index < -0.39 is 10.0 Å². The van der Waals surface area contributed by atoms with E-state index in [9.17, 15) is 8.42 Å². The Labute approximate surface area is 110 Å². The van der Waals surface area contributed by atoms with Gasteiger partial charge in [-0.1, -0.05) is 0 Å². The smallest absolute Gasteiger partial charge is 0.243 e. The monoisotopic (exact) mass is 282 g/mol. The van der Waals surface area contributed by atoms with Gasteiger partial charge in [0, 0.05) is 12.7 Å². The van der Waals surface area contributed by atoms with Crippen molar-refractivity contribution >= 4 is 27.6 Å². The Kier molecular flexibility index (Phi) is 3.67. The van der Waals surface area contributed by atoms with Gasteiger partial charge in [-0.15, -0.1) is 5.10 Å². The molecule has 4 N–H and O–H groups in total. The first kappa shape index (κ1) is 13.3. The van der Waals surface area contributed by atoms with Crippen LogP contribution in [-0.2, 0) is 10.0 Å². The molecule has 0 unspecified atom stereocenters. The van der Waals surface area contributed by atoms with Crippen LogP contribution in [0.2, 0.25) is 0 Å². The maximum Gasteiger partial charge on any atom is 0.243 e. The van der Waals surface area contributed by atoms with E-state index in [1.165, 1.54) is 19.2 Å². The molecule has 0 spiro atoms. The summed E-state index contributed by atoms with van der Waals surface area (Å²) in [6.45, 7) is 0. The molecule has 9 heteroatoms. The normalized spacial score (nSPS) is 11.3. The maximum absolute atomic E-state index is 11.5. The SMILES string of the molecule is CNc1n[nH]c(Nc2ccc(S(=O)(=O)NC)cc2)n1. The molecule has 0 aliphatic carbocycles. The molecule has 8 nitrogen and oxygen atoms in total. The van der Waals surface area contributed by atoms with Gasteiger partial charge in [0.05, 0.1) is 4.90 Å². The van der Waals surface area contributed by atoms with Gasteiger partial charge in [0.15, 0.2) is 0 Å². The molecule has 0 amide bonds. The Balaban J connectivity index is 2.15. The first-order chi connectivity index (χ1) is 9.05. The molecule has 1 aromatic heterocycles. The van der Waals surface area contributed by atoms with Gasteiger partial charge in [-0.3, -0.25) is 0 Å². The van der Waals surface area contributed by atoms with Crippen LogP contribution in [0, 0.1) is 0 Å². The van der Waals surface area contributed by atoms with Crippen molar-refractivity contribution in [2.24, 2.45) is 0 Å². The molecular formula is C10H14N6O2S. The number of sulfonamides is 1. The van der Waals surface area contributed by atoms with E-state index in [1.54, 1.807) is 19.2 Å². The Hall–Kier alpha value is -2.13. The predicted octanol–water partition coefficient (Wildman–Crippen LogP) is 0.498. The van der Waals surface area contributed by atoms with Crippen LogP contribution in [0.15, 0.2) is 29.2 Å². The van der Waals surface area contributed by atoms with Crippen LogP contribution in [0.5, 0.6) is 0 Å². The quantitative estimate of drug-likeness (QED) is 0.635. The summed E-state index contributed by atoms with van der Waals surface area (Å²) in [4.78, 5) is 4.29. The minimum atomic E-state index is -3.41. The van der Waals surface area contributed by atoms with Crippen molar-refractivity contribution < 1.29 is 8.42 Å². The third-order valence-corrected chi connectivity index (χ3v) is 3.84. The van der Waals surface area contributed by atoms with E-state index in [4.69, 9.17) is 0 Å². The minimum absolute atomic E-state index is 0.203. The number of H-pyrrole nitrogens is 1. The van der Waals surface area contributed by atoms with Crippen LogP contribution in [0.3, 0.4) is 0 Å². The van der Waals surface area contributed by atoms with Crippen LogP contribution >= 0.6 is 0 Å². The lowest BCUT2D eigenvalue weighted by molar-refractivity contribution is 0.588. The van der Waals surface area contributed by atoms with Crippen molar-refractivity contribution in [3.8, 4) is 0 Å². The van der Waals surface area contributed by atoms with Crippen LogP contribution in [0.4, 0.5) is 17.6 Å². The highest BCUT2D eigenvalue weighted by molar-refractivity contribution is 7.89. The molecule has 0 saturated heterocycles. The standard InChI is InChI=1S/C10H14N6O2S/c1-11-9-14-10(16-15-9)13-7-3-5-8(6-4-7)19(17,18)12-2/h3-6,12H,1-2H3,(H3,11,13,14,15,16). The largest absolute Gasteiger partial charge is 0.356 e. The number of anilines is 3. The third-order valence-electron chi connectivity index (χ3n) is 2.41. The molecule has 0 atom stereocenters. The number of aromatic amines is 1. The predicted molar refractivity (Wildman–Crippen MR) is 71.9 cm³/mol. The first-order valence-corrected chi connectivity index (χ1v) is 6.94. The highest BCUT2D eigenvalue weighted by Gasteiger charge is 2.10. The Morgan fingerprint density at radius 1 is 1.16 bits per heavy atom. The first-order valence-electron chi connectivity index (χ1n) is 5.46. The molecule has 0 aliphatic heterocycles. The molecule has 19 heavy (non-hydrogen) atoms. The highest BCUT2D eigenvalue weighted by atomic mass is 32.2. The van der Waals surface area contributed by atoms with Crippen LogP contribution in [0.25, 0.3) is 0 Å². The zero-order valence-corrected chi connectivity index (χ0v) is 11.2. The number of aromatic nitrogens is 3. The Bertz CT molecular complexity index is 649. The third kappa shape index (κ3) is 3.01. The van der Waals surface area contributed by atoms with E-state index in [1.807, 2.05) is 0 Å². The molecule has 2 aromatic rings. The summed E-state index contributed by atoms with van der Waals surface area (Å²) in [6.07, 6.45) is 0. The summed E-state index contributed by atoms with van der Waals surface area (Å²) >= 11 is 0. The van der Waals surface area contributed by atoms with E-state index in [0.29, 0.717) is 17.6 Å². The number of nitrogens with zero attached hydrogens (tertiary/aromatic N) is 2. The lowest BCUT2D eigenvalue weighted by Gasteiger charge is -2.05. The van der Waals surface area contributed by atoms with Gasteiger partial charge < -0.3 is 10.6 Å². The molecule has 0 fully saturated rings. The molecule has 0 radical (unpaired) electrons. The second-order valence-electron chi connectivity index (χ2n) is 3.61. The van der Waals surface area contributed by atoms with Gasteiger partial charge in [0.25, 0.3) is 0 Å². The van der Waals surface area contributed by atoms with Gasteiger partial charge in [-0.2, -0.15) is 4.98 Å². The summed E-state index contributed by atoms with van der Waals surface area (Å²) in [5, 5.41) is 12.3. The van der Waals surface area contributed by atoms with E-state index in [-0.39, 0.29) is 4.90 Å². The fraction of sp³-hybridized carbons (Fsp3) is 0.200. The van der Waals surface area contributed by atoms with Crippen LogP contribution in [0.1, 0.15) is 0 Å². The number of rotatable bonds is 5. The van der Waals surface area contributed by atoms with Gasteiger partial charge in [0.2, 0.25) is 21.9 Å². The summed E-state index contributed by atoms with van der Waals surface area (Å²) in [5.74, 6) is 0.936. The summed E-state index contributed by atoms with van der Waals surface area (Å²) in [5.41, 5.74) is 0.703. The lowest BCUT2D eigenvalue weighted by Crippen LogP contribution is -2.18. The highest BCUT2D eigenvalue weighted by Crippen LogP contribution is 2.16. The molecule has 102 valence electrons. The number of hydrogen-bond donors (Lipinski definition) is 4. The van der Waals surface area contributed by atoms with Crippen molar-refractivity contribution in [2.45, 2.75) is 4.90 Å². The van der Waals surface area contributed by atoms with Crippen molar-refractivity contribution in [3.05, 3.63) is 24.3 Å². The average molecular weight is 282 g/mol. The molecule has 0 aliphatic rings. The van der Waals surface area contributed by atoms with Gasteiger partial charge in [0.1, 0.15) is 0 Å². The maximum atomic E-state index is 11.5. The van der Waals surface area contributed by atoms with E-state index in [0.717, 1.165) is 0 Å². The average Bonchev–Trinajstić information content (AvgIpc) is 2.87. The van der Waals surface area contributed by atoms with E-state index >= 15 is 0 Å². The number of nitrogens with one attached hydrogen (secondary N) is 4. The van der Waals surface area contributed by atoms with Crippen molar-refractivity contribution in [1.82, 2.24) is 19.9 Å². The van der Waals surface area contributed by atoms with Crippen molar-refractivity contribution in [2.75, 3.05) is 24.7 Å². The zero-order valence-electron chi connectivity index (χ0n) is 10.4. The van der Waals surface area contributed by atoms with Gasteiger partial charge >= 0.3 is 0 Å². The Morgan fingerprint density at radius 3 is 2.37 bits per heavy atom. The molecule has 0 saturated carbocycles. The fourth-order valence-corrected chi connectivity index (χ4v) is 2.13.